The standard InChI is InChI=1S/C18H14BrFN2O3/c1-10(23)21-14-3-4-15(20)16(8-14)22-18(24)12-6-11-7-13(19)2-5-17(11)25-9-12/h2-8H,9H2,1H3,(H,21,23)(H,22,24). The first-order valence-electron chi connectivity index (χ1n) is 7.44. The predicted octanol–water partition coefficient (Wildman–Crippen LogP) is 3.96. The topological polar surface area (TPSA) is 67.4 Å². The van der Waals surface area contributed by atoms with Gasteiger partial charge in [-0.15, -0.1) is 0 Å². The van der Waals surface area contributed by atoms with Crippen molar-refractivity contribution < 1.29 is 18.7 Å². The Balaban J connectivity index is 1.82. The molecule has 2 aromatic rings. The van der Waals surface area contributed by atoms with E-state index < -0.39 is 11.7 Å². The van der Waals surface area contributed by atoms with Gasteiger partial charge in [0.05, 0.1) is 11.3 Å². The predicted molar refractivity (Wildman–Crippen MR) is 96.9 cm³/mol. The molecule has 0 saturated heterocycles. The average molecular weight is 405 g/mol. The minimum absolute atomic E-state index is 0.0165. The third-order valence-electron chi connectivity index (χ3n) is 3.51. The highest BCUT2D eigenvalue weighted by Gasteiger charge is 2.19. The molecule has 2 aromatic carbocycles. The second-order valence-electron chi connectivity index (χ2n) is 5.47. The Kier molecular flexibility index (Phi) is 4.85. The van der Waals surface area contributed by atoms with E-state index in [-0.39, 0.29) is 18.2 Å². The van der Waals surface area contributed by atoms with Crippen molar-refractivity contribution in [1.29, 1.82) is 0 Å². The number of nitrogens with one attached hydrogen (secondary N) is 2. The van der Waals surface area contributed by atoms with Crippen molar-refractivity contribution in [2.45, 2.75) is 6.92 Å². The fourth-order valence-corrected chi connectivity index (χ4v) is 2.76. The molecule has 5 nitrogen and oxygen atoms in total. The third-order valence-corrected chi connectivity index (χ3v) is 4.00. The molecular formula is C18H14BrFN2O3. The molecule has 25 heavy (non-hydrogen) atoms. The first kappa shape index (κ1) is 17.2. The Hall–Kier alpha value is -2.67. The molecule has 0 aromatic heterocycles. The lowest BCUT2D eigenvalue weighted by molar-refractivity contribution is -0.114. The summed E-state index contributed by atoms with van der Waals surface area (Å²) < 4.78 is 20.4. The molecule has 0 fully saturated rings. The van der Waals surface area contributed by atoms with Gasteiger partial charge < -0.3 is 15.4 Å². The number of hydrogen-bond acceptors (Lipinski definition) is 3. The zero-order chi connectivity index (χ0) is 18.0. The van der Waals surface area contributed by atoms with E-state index >= 15 is 0 Å². The van der Waals surface area contributed by atoms with Gasteiger partial charge in [-0.3, -0.25) is 9.59 Å². The first-order valence-corrected chi connectivity index (χ1v) is 8.23. The monoisotopic (exact) mass is 404 g/mol. The van der Waals surface area contributed by atoms with Crippen LogP contribution in [0.15, 0.2) is 46.4 Å². The van der Waals surface area contributed by atoms with Crippen LogP contribution in [0.25, 0.3) is 6.08 Å². The summed E-state index contributed by atoms with van der Waals surface area (Å²) >= 11 is 3.37. The lowest BCUT2D eigenvalue weighted by Gasteiger charge is -2.18. The molecule has 0 unspecified atom stereocenters. The van der Waals surface area contributed by atoms with E-state index in [9.17, 15) is 14.0 Å². The number of anilines is 2. The zero-order valence-electron chi connectivity index (χ0n) is 13.2. The highest BCUT2D eigenvalue weighted by molar-refractivity contribution is 9.10. The van der Waals surface area contributed by atoms with E-state index in [1.54, 1.807) is 12.1 Å². The lowest BCUT2D eigenvalue weighted by atomic mass is 10.1. The van der Waals surface area contributed by atoms with Crippen LogP contribution in [0.3, 0.4) is 0 Å². The summed E-state index contributed by atoms with van der Waals surface area (Å²) in [5.41, 5.74) is 1.51. The second-order valence-corrected chi connectivity index (χ2v) is 6.39. The molecule has 1 heterocycles. The van der Waals surface area contributed by atoms with Crippen LogP contribution in [-0.4, -0.2) is 18.4 Å². The van der Waals surface area contributed by atoms with E-state index in [1.165, 1.54) is 25.1 Å². The fourth-order valence-electron chi connectivity index (χ4n) is 2.38. The van der Waals surface area contributed by atoms with Crippen molar-refractivity contribution >= 4 is 45.2 Å². The molecule has 1 aliphatic rings. The van der Waals surface area contributed by atoms with Gasteiger partial charge in [0.1, 0.15) is 18.2 Å². The van der Waals surface area contributed by atoms with E-state index in [2.05, 4.69) is 26.6 Å². The van der Waals surface area contributed by atoms with Gasteiger partial charge in [-0.05, 0) is 42.5 Å². The number of benzene rings is 2. The Morgan fingerprint density at radius 2 is 1.96 bits per heavy atom. The normalized spacial score (nSPS) is 12.5. The number of carbonyl (C=O) groups is 2. The number of ether oxygens (including phenoxy) is 1. The van der Waals surface area contributed by atoms with Gasteiger partial charge >= 0.3 is 0 Å². The molecule has 0 saturated carbocycles. The van der Waals surface area contributed by atoms with E-state index in [0.717, 1.165) is 10.0 Å². The van der Waals surface area contributed by atoms with Gasteiger partial charge in [-0.1, -0.05) is 15.9 Å². The molecule has 0 aliphatic carbocycles. The molecule has 0 bridgehead atoms. The third kappa shape index (κ3) is 4.06. The second kappa shape index (κ2) is 7.06. The molecule has 128 valence electrons. The van der Waals surface area contributed by atoms with Crippen molar-refractivity contribution in [3.05, 3.63) is 57.8 Å². The number of halogens is 2. The van der Waals surface area contributed by atoms with Crippen LogP contribution >= 0.6 is 15.9 Å². The molecule has 0 spiro atoms. The van der Waals surface area contributed by atoms with Crippen molar-refractivity contribution in [2.24, 2.45) is 0 Å². The van der Waals surface area contributed by atoms with Crippen LogP contribution in [0.4, 0.5) is 15.8 Å². The van der Waals surface area contributed by atoms with Crippen molar-refractivity contribution in [2.75, 3.05) is 17.2 Å². The van der Waals surface area contributed by atoms with Gasteiger partial charge in [0.2, 0.25) is 5.91 Å². The quantitative estimate of drug-likeness (QED) is 0.813. The molecule has 2 amide bonds. The number of carbonyl (C=O) groups excluding carboxylic acids is 2. The SMILES string of the molecule is CC(=O)Nc1ccc(F)c(NC(=O)C2=Cc3cc(Br)ccc3OC2)c1. The Bertz CT molecular complexity index is 896. The zero-order valence-corrected chi connectivity index (χ0v) is 14.8. The molecule has 3 rings (SSSR count). The maximum absolute atomic E-state index is 13.9. The van der Waals surface area contributed by atoms with Crippen LogP contribution in [0.5, 0.6) is 5.75 Å². The van der Waals surface area contributed by atoms with Crippen LogP contribution in [0, 0.1) is 5.82 Å². The summed E-state index contributed by atoms with van der Waals surface area (Å²) in [4.78, 5) is 23.5. The summed E-state index contributed by atoms with van der Waals surface area (Å²) in [6.45, 7) is 1.44. The van der Waals surface area contributed by atoms with Crippen molar-refractivity contribution in [1.82, 2.24) is 0 Å². The molecule has 0 radical (unpaired) electrons. The van der Waals surface area contributed by atoms with Gasteiger partial charge in [-0.2, -0.15) is 0 Å². The van der Waals surface area contributed by atoms with Gasteiger partial charge in [0, 0.05) is 22.6 Å². The summed E-state index contributed by atoms with van der Waals surface area (Å²) in [6.07, 6.45) is 1.70. The van der Waals surface area contributed by atoms with Crippen LogP contribution in [-0.2, 0) is 9.59 Å². The summed E-state index contributed by atoms with van der Waals surface area (Å²) in [5.74, 6) is -0.666. The molecule has 7 heteroatoms. The van der Waals surface area contributed by atoms with E-state index in [0.29, 0.717) is 17.0 Å². The maximum atomic E-state index is 13.9. The van der Waals surface area contributed by atoms with Crippen LogP contribution in [0.1, 0.15) is 12.5 Å². The fraction of sp³-hybridized carbons (Fsp3) is 0.111. The maximum Gasteiger partial charge on any atom is 0.255 e. The highest BCUT2D eigenvalue weighted by Crippen LogP contribution is 2.30. The Morgan fingerprint density at radius 3 is 2.72 bits per heavy atom. The summed E-state index contributed by atoms with van der Waals surface area (Å²) in [6, 6.07) is 9.45. The smallest absolute Gasteiger partial charge is 0.255 e. The number of rotatable bonds is 3. The molecular weight excluding hydrogens is 391 g/mol. The van der Waals surface area contributed by atoms with E-state index in [4.69, 9.17) is 4.74 Å². The van der Waals surface area contributed by atoms with Crippen LogP contribution < -0.4 is 15.4 Å². The highest BCUT2D eigenvalue weighted by atomic mass is 79.9. The van der Waals surface area contributed by atoms with Crippen LogP contribution in [0.2, 0.25) is 0 Å². The Morgan fingerprint density at radius 1 is 1.16 bits per heavy atom. The Labute approximate surface area is 152 Å². The number of hydrogen-bond donors (Lipinski definition) is 2. The minimum Gasteiger partial charge on any atom is -0.488 e. The van der Waals surface area contributed by atoms with Crippen molar-refractivity contribution in [3.8, 4) is 5.75 Å². The first-order chi connectivity index (χ1) is 11.9. The van der Waals surface area contributed by atoms with Gasteiger partial charge in [-0.25, -0.2) is 4.39 Å². The van der Waals surface area contributed by atoms with Gasteiger partial charge in [0.25, 0.3) is 5.91 Å². The summed E-state index contributed by atoms with van der Waals surface area (Å²) in [7, 11) is 0. The molecule has 1 aliphatic heterocycles. The number of amides is 2. The largest absolute Gasteiger partial charge is 0.488 e. The molecule has 2 N–H and O–H groups in total. The number of fused-ring (bicyclic) bond motifs is 1. The van der Waals surface area contributed by atoms with Crippen molar-refractivity contribution in [3.63, 3.8) is 0 Å². The summed E-state index contributed by atoms with van der Waals surface area (Å²) in [5, 5.41) is 5.06. The average Bonchev–Trinajstić information content (AvgIpc) is 2.56. The molecule has 0 atom stereocenters. The van der Waals surface area contributed by atoms with Gasteiger partial charge in [0.15, 0.2) is 0 Å². The van der Waals surface area contributed by atoms with E-state index in [1.807, 2.05) is 12.1 Å². The minimum atomic E-state index is -0.595. The lowest BCUT2D eigenvalue weighted by Crippen LogP contribution is -2.22.